The Labute approximate surface area is 183 Å². The van der Waals surface area contributed by atoms with Crippen LogP contribution in [0.3, 0.4) is 0 Å². The lowest BCUT2D eigenvalue weighted by Gasteiger charge is -2.34. The second-order valence-electron chi connectivity index (χ2n) is 7.67. The number of alkyl halides is 3. The Morgan fingerprint density at radius 2 is 2.10 bits per heavy atom. The molecule has 1 unspecified atom stereocenters. The van der Waals surface area contributed by atoms with Gasteiger partial charge in [-0.15, -0.1) is 0 Å². The summed E-state index contributed by atoms with van der Waals surface area (Å²) < 4.78 is 39.7. The van der Waals surface area contributed by atoms with Crippen molar-refractivity contribution in [2.24, 2.45) is 0 Å². The van der Waals surface area contributed by atoms with Gasteiger partial charge in [-0.1, -0.05) is 24.6 Å². The highest BCUT2D eigenvalue weighted by Gasteiger charge is 2.35. The van der Waals surface area contributed by atoms with E-state index in [1.165, 1.54) is 6.07 Å². The monoisotopic (exact) mass is 452 g/mol. The average molecular weight is 453 g/mol. The van der Waals surface area contributed by atoms with Crippen LogP contribution in [-0.2, 0) is 19.0 Å². The highest BCUT2D eigenvalue weighted by Crippen LogP contribution is 2.35. The van der Waals surface area contributed by atoms with Crippen molar-refractivity contribution in [3.05, 3.63) is 57.9 Å². The maximum absolute atomic E-state index is 13.2. The first-order valence-corrected chi connectivity index (χ1v) is 10.7. The number of nitrogens with one attached hydrogen (secondary N) is 2. The first-order valence-electron chi connectivity index (χ1n) is 10.3. The van der Waals surface area contributed by atoms with E-state index in [0.717, 1.165) is 35.1 Å². The summed E-state index contributed by atoms with van der Waals surface area (Å²) in [5, 5.41) is 14.8. The summed E-state index contributed by atoms with van der Waals surface area (Å²) in [7, 11) is 0. The minimum Gasteiger partial charge on any atom is -0.394 e. The van der Waals surface area contributed by atoms with Crippen LogP contribution in [0.2, 0.25) is 5.02 Å². The van der Waals surface area contributed by atoms with Gasteiger partial charge < -0.3 is 15.4 Å². The number of hydrogen-bond acceptors (Lipinski definition) is 4. The molecule has 5 nitrogen and oxygen atoms in total. The third-order valence-electron chi connectivity index (χ3n) is 5.83. The van der Waals surface area contributed by atoms with Gasteiger partial charge in [0.15, 0.2) is 0 Å². The molecule has 3 N–H and O–H groups in total. The number of hydrogen-bond donors (Lipinski definition) is 3. The molecule has 3 heterocycles. The van der Waals surface area contributed by atoms with Gasteiger partial charge in [-0.2, -0.15) is 13.2 Å². The maximum atomic E-state index is 13.2. The Bertz CT molecular complexity index is 1080. The standard InChI is InChI=1S/C22H24ClF3N4O/c1-2-13-3-6-19(29-21(13)22(24,25)26)27-8-10-30-9-7-15-16-11-14(23)4-5-17(16)28-20(15)18(30)12-31/h3-6,11,18,28,31H,2,7-10,12H2,1H3,(H,27,29). The van der Waals surface area contributed by atoms with Crippen LogP contribution in [0.15, 0.2) is 30.3 Å². The predicted molar refractivity (Wildman–Crippen MR) is 116 cm³/mol. The van der Waals surface area contributed by atoms with Crippen LogP contribution in [0.25, 0.3) is 10.9 Å². The van der Waals surface area contributed by atoms with Crippen LogP contribution in [0.5, 0.6) is 0 Å². The summed E-state index contributed by atoms with van der Waals surface area (Å²) in [6.45, 7) is 3.31. The summed E-state index contributed by atoms with van der Waals surface area (Å²) in [4.78, 5) is 9.31. The first kappa shape index (κ1) is 21.9. The van der Waals surface area contributed by atoms with E-state index in [0.29, 0.717) is 18.1 Å². The fourth-order valence-corrected chi connectivity index (χ4v) is 4.48. The zero-order valence-electron chi connectivity index (χ0n) is 17.1. The van der Waals surface area contributed by atoms with Gasteiger partial charge in [0, 0.05) is 41.3 Å². The van der Waals surface area contributed by atoms with Crippen molar-refractivity contribution < 1.29 is 18.3 Å². The molecule has 0 fully saturated rings. The number of aromatic nitrogens is 2. The first-order chi connectivity index (χ1) is 14.8. The molecule has 0 saturated heterocycles. The lowest BCUT2D eigenvalue weighted by Crippen LogP contribution is -2.40. The third kappa shape index (κ3) is 4.37. The van der Waals surface area contributed by atoms with Crippen LogP contribution in [0.4, 0.5) is 19.0 Å². The SMILES string of the molecule is CCc1ccc(NCCN2CCc3c([nH]c4ccc(Cl)cc34)C2CO)nc1C(F)(F)F. The minimum atomic E-state index is -4.48. The molecule has 1 aliphatic rings. The van der Waals surface area contributed by atoms with Gasteiger partial charge in [-0.05, 0) is 48.2 Å². The van der Waals surface area contributed by atoms with E-state index in [9.17, 15) is 18.3 Å². The van der Waals surface area contributed by atoms with Crippen molar-refractivity contribution in [1.29, 1.82) is 0 Å². The van der Waals surface area contributed by atoms with Crippen molar-refractivity contribution in [3.63, 3.8) is 0 Å². The van der Waals surface area contributed by atoms with Crippen LogP contribution in [0, 0.1) is 0 Å². The lowest BCUT2D eigenvalue weighted by molar-refractivity contribution is -0.141. The Balaban J connectivity index is 1.47. The van der Waals surface area contributed by atoms with E-state index in [-0.39, 0.29) is 30.5 Å². The van der Waals surface area contributed by atoms with E-state index in [1.54, 1.807) is 13.0 Å². The summed E-state index contributed by atoms with van der Waals surface area (Å²) in [6.07, 6.45) is -3.41. The molecule has 31 heavy (non-hydrogen) atoms. The molecule has 0 saturated carbocycles. The minimum absolute atomic E-state index is 0.0603. The topological polar surface area (TPSA) is 64.2 Å². The smallest absolute Gasteiger partial charge is 0.394 e. The molecule has 3 aromatic rings. The fraction of sp³-hybridized carbons (Fsp3) is 0.409. The number of halogens is 4. The number of nitrogens with zero attached hydrogens (tertiary/aromatic N) is 2. The molecule has 0 aliphatic carbocycles. The number of benzene rings is 1. The average Bonchev–Trinajstić information content (AvgIpc) is 3.10. The zero-order valence-corrected chi connectivity index (χ0v) is 17.8. The highest BCUT2D eigenvalue weighted by atomic mass is 35.5. The number of pyridine rings is 1. The third-order valence-corrected chi connectivity index (χ3v) is 6.07. The van der Waals surface area contributed by atoms with E-state index < -0.39 is 11.9 Å². The zero-order chi connectivity index (χ0) is 22.2. The Morgan fingerprint density at radius 3 is 2.81 bits per heavy atom. The highest BCUT2D eigenvalue weighted by molar-refractivity contribution is 6.31. The molecule has 2 aromatic heterocycles. The fourth-order valence-electron chi connectivity index (χ4n) is 4.31. The van der Waals surface area contributed by atoms with Crippen LogP contribution in [-0.4, -0.2) is 46.2 Å². The number of fused-ring (bicyclic) bond motifs is 3. The van der Waals surface area contributed by atoms with Gasteiger partial charge in [0.05, 0.1) is 12.6 Å². The molecule has 0 spiro atoms. The summed E-state index contributed by atoms with van der Waals surface area (Å²) >= 11 is 6.14. The second kappa shape index (κ2) is 8.68. The van der Waals surface area contributed by atoms with Gasteiger partial charge in [0.25, 0.3) is 0 Å². The second-order valence-corrected chi connectivity index (χ2v) is 8.11. The predicted octanol–water partition coefficient (Wildman–Crippen LogP) is 4.80. The van der Waals surface area contributed by atoms with E-state index in [1.807, 2.05) is 18.2 Å². The number of aliphatic hydroxyl groups excluding tert-OH is 1. The van der Waals surface area contributed by atoms with Crippen molar-refractivity contribution in [2.75, 3.05) is 31.6 Å². The molecule has 1 atom stereocenters. The summed E-state index contributed by atoms with van der Waals surface area (Å²) in [5.41, 5.74) is 2.45. The van der Waals surface area contributed by atoms with E-state index >= 15 is 0 Å². The normalized spacial score (nSPS) is 17.2. The van der Waals surface area contributed by atoms with Crippen LogP contribution < -0.4 is 5.32 Å². The molecule has 0 radical (unpaired) electrons. The number of H-pyrrole nitrogens is 1. The molecular formula is C22H24ClF3N4O. The Hall–Kier alpha value is -2.29. The van der Waals surface area contributed by atoms with Crippen molar-refractivity contribution in [1.82, 2.24) is 14.9 Å². The lowest BCUT2D eigenvalue weighted by atomic mass is 9.97. The molecule has 0 bridgehead atoms. The number of rotatable bonds is 6. The number of anilines is 1. The van der Waals surface area contributed by atoms with Gasteiger partial charge in [-0.25, -0.2) is 4.98 Å². The van der Waals surface area contributed by atoms with E-state index in [2.05, 4.69) is 20.2 Å². The molecule has 166 valence electrons. The number of aromatic amines is 1. The van der Waals surface area contributed by atoms with Crippen molar-refractivity contribution >= 4 is 28.3 Å². The van der Waals surface area contributed by atoms with Gasteiger partial charge in [0.2, 0.25) is 0 Å². The van der Waals surface area contributed by atoms with Gasteiger partial charge >= 0.3 is 6.18 Å². The van der Waals surface area contributed by atoms with Crippen LogP contribution in [0.1, 0.15) is 35.5 Å². The molecule has 9 heteroatoms. The molecule has 4 rings (SSSR count). The Morgan fingerprint density at radius 1 is 1.29 bits per heavy atom. The summed E-state index contributed by atoms with van der Waals surface area (Å²) in [5.74, 6) is 0.197. The number of aliphatic hydroxyl groups is 1. The quantitative estimate of drug-likeness (QED) is 0.502. The van der Waals surface area contributed by atoms with Crippen molar-refractivity contribution in [2.45, 2.75) is 32.0 Å². The molecular weight excluding hydrogens is 429 g/mol. The Kier molecular flexibility index (Phi) is 6.14. The maximum Gasteiger partial charge on any atom is 0.433 e. The van der Waals surface area contributed by atoms with Crippen molar-refractivity contribution in [3.8, 4) is 0 Å². The van der Waals surface area contributed by atoms with E-state index in [4.69, 9.17) is 11.6 Å². The largest absolute Gasteiger partial charge is 0.433 e. The molecule has 1 aromatic carbocycles. The number of aryl methyl sites for hydroxylation is 1. The summed E-state index contributed by atoms with van der Waals surface area (Å²) in [6, 6.07) is 8.53. The van der Waals surface area contributed by atoms with Gasteiger partial charge in [0.1, 0.15) is 11.5 Å². The molecule has 1 aliphatic heterocycles. The van der Waals surface area contributed by atoms with Crippen LogP contribution >= 0.6 is 11.6 Å². The van der Waals surface area contributed by atoms with Gasteiger partial charge in [-0.3, -0.25) is 4.90 Å². The molecule has 0 amide bonds.